The Morgan fingerprint density at radius 1 is 0.486 bits per heavy atom. The number of carbonyl (C=O) groups is 3. The van der Waals surface area contributed by atoms with Crippen molar-refractivity contribution in [3.63, 3.8) is 0 Å². The van der Waals surface area contributed by atoms with E-state index in [1.165, 1.54) is 257 Å². The number of amides is 2. The molecule has 0 aromatic carbocycles. The molecule has 2 amide bonds. The lowest BCUT2D eigenvalue weighted by molar-refractivity contribution is -0.386. The fraction of sp³-hybridized carbons (Fsp3) is 0.895. The van der Waals surface area contributed by atoms with Crippen molar-refractivity contribution < 1.29 is 104 Å². The molecule has 0 radical (unpaired) electrons. The van der Waals surface area contributed by atoms with Gasteiger partial charge in [0.05, 0.1) is 50.7 Å². The molecule has 638 valence electrons. The van der Waals surface area contributed by atoms with Crippen LogP contribution in [0.15, 0.2) is 36.5 Å². The minimum atomic E-state index is -3.08. The molecule has 3 rings (SSSR count). The van der Waals surface area contributed by atoms with Crippen molar-refractivity contribution in [3.05, 3.63) is 36.5 Å². The third-order valence-electron chi connectivity index (χ3n) is 22.1. The molecule has 0 saturated carbocycles. The van der Waals surface area contributed by atoms with Gasteiger partial charge in [0, 0.05) is 19.8 Å². The van der Waals surface area contributed by atoms with E-state index in [1.54, 1.807) is 6.08 Å². The van der Waals surface area contributed by atoms with Crippen molar-refractivity contribution in [3.8, 4) is 0 Å². The van der Waals surface area contributed by atoms with Gasteiger partial charge >= 0.3 is 5.97 Å². The minimum absolute atomic E-state index is 0.202. The minimum Gasteiger partial charge on any atom is -0.477 e. The average molecular weight is 1560 g/mol. The quantitative estimate of drug-likeness (QED) is 0.0199. The SMILES string of the molecule is CCCCCCCCCCCCCCC/C=C\C/C=C\CCCCCCCCCCCCCCCCCCCC(=O)NC(COC1OC(CO)C(OC2OC(CO)C(O)C(OC3(C(=O)O)CC(O)C(NC(C)=O)C(C(O)C(O)CO)O3)C2O)C(O)C1O)C(O)/C=C/CCCCCCCCCCCCCCCCCC. The second-order valence-corrected chi connectivity index (χ2v) is 31.8. The highest BCUT2D eigenvalue weighted by atomic mass is 16.8. The molecule has 0 bridgehead atoms. The van der Waals surface area contributed by atoms with Crippen LogP contribution in [0.4, 0.5) is 0 Å². The summed E-state index contributed by atoms with van der Waals surface area (Å²) in [5.41, 5.74) is 0. The predicted octanol–water partition coefficient (Wildman–Crippen LogP) is 13.3. The first-order valence-corrected chi connectivity index (χ1v) is 43.9. The van der Waals surface area contributed by atoms with Crippen LogP contribution < -0.4 is 10.6 Å². The van der Waals surface area contributed by atoms with Crippen LogP contribution in [0.1, 0.15) is 355 Å². The smallest absolute Gasteiger partial charge is 0.364 e. The summed E-state index contributed by atoms with van der Waals surface area (Å²) in [7, 11) is 0. The Hall–Kier alpha value is -3.05. The highest BCUT2D eigenvalue weighted by Crippen LogP contribution is 2.39. The lowest BCUT2D eigenvalue weighted by atomic mass is 9.88. The molecular weight excluding hydrogens is 1400 g/mol. The van der Waals surface area contributed by atoms with Crippen LogP contribution >= 0.6 is 0 Å². The number of ether oxygens (including phenoxy) is 6. The summed E-state index contributed by atoms with van der Waals surface area (Å²) in [5.74, 6) is -6.14. The van der Waals surface area contributed by atoms with Crippen LogP contribution in [-0.4, -0.2) is 215 Å². The van der Waals surface area contributed by atoms with Crippen LogP contribution in [0.25, 0.3) is 0 Å². The van der Waals surface area contributed by atoms with Crippen LogP contribution in [0.5, 0.6) is 0 Å². The Morgan fingerprint density at radius 2 is 0.890 bits per heavy atom. The van der Waals surface area contributed by atoms with Crippen molar-refractivity contribution in [2.75, 3.05) is 26.4 Å². The number of unbranched alkanes of at least 4 members (excludes halogenated alkanes) is 46. The molecule has 23 heteroatoms. The summed E-state index contributed by atoms with van der Waals surface area (Å²) in [6, 6.07) is -2.62. The van der Waals surface area contributed by atoms with Gasteiger partial charge in [0.25, 0.3) is 5.79 Å². The Bertz CT molecular complexity index is 2300. The number of rotatable bonds is 70. The number of allylic oxidation sites excluding steroid dienone is 5. The van der Waals surface area contributed by atoms with Gasteiger partial charge in [-0.3, -0.25) is 9.59 Å². The van der Waals surface area contributed by atoms with Crippen molar-refractivity contribution in [2.24, 2.45) is 0 Å². The van der Waals surface area contributed by atoms with E-state index in [0.717, 1.165) is 58.3 Å². The van der Waals surface area contributed by atoms with E-state index in [0.29, 0.717) is 12.8 Å². The first kappa shape index (κ1) is 100. The lowest BCUT2D eigenvalue weighted by Gasteiger charge is -2.50. The maximum Gasteiger partial charge on any atom is 0.364 e. The molecule has 0 aliphatic carbocycles. The highest BCUT2D eigenvalue weighted by molar-refractivity contribution is 5.77. The number of hydrogen-bond donors (Lipinski definition) is 14. The molecule has 3 fully saturated rings. The summed E-state index contributed by atoms with van der Waals surface area (Å²) >= 11 is 0. The van der Waals surface area contributed by atoms with Gasteiger partial charge in [-0.2, -0.15) is 0 Å². The van der Waals surface area contributed by atoms with Crippen molar-refractivity contribution in [2.45, 2.75) is 464 Å². The number of aliphatic carboxylic acids is 1. The van der Waals surface area contributed by atoms with E-state index in [2.05, 4.69) is 48.8 Å². The van der Waals surface area contributed by atoms with Gasteiger partial charge in [0.15, 0.2) is 12.6 Å². The molecule has 109 heavy (non-hydrogen) atoms. The first-order chi connectivity index (χ1) is 52.9. The molecule has 14 N–H and O–H groups in total. The van der Waals surface area contributed by atoms with Crippen LogP contribution in [0, 0.1) is 0 Å². The molecule has 3 aliphatic heterocycles. The third-order valence-corrected chi connectivity index (χ3v) is 22.1. The van der Waals surface area contributed by atoms with Crippen molar-refractivity contribution >= 4 is 17.8 Å². The van der Waals surface area contributed by atoms with E-state index in [9.17, 15) is 75.7 Å². The van der Waals surface area contributed by atoms with Gasteiger partial charge in [-0.15, -0.1) is 0 Å². The summed E-state index contributed by atoms with van der Waals surface area (Å²) in [6.07, 6.45) is 46.3. The zero-order valence-electron chi connectivity index (χ0n) is 67.9. The van der Waals surface area contributed by atoms with E-state index in [-0.39, 0.29) is 12.3 Å². The van der Waals surface area contributed by atoms with Gasteiger partial charge in [0.2, 0.25) is 11.8 Å². The summed E-state index contributed by atoms with van der Waals surface area (Å²) < 4.78 is 34.9. The summed E-state index contributed by atoms with van der Waals surface area (Å²) in [5, 5.41) is 137. The fourth-order valence-corrected chi connectivity index (χ4v) is 15.2. The molecule has 23 nitrogen and oxygen atoms in total. The predicted molar refractivity (Wildman–Crippen MR) is 426 cm³/mol. The topological polar surface area (TPSA) is 373 Å². The maximum atomic E-state index is 13.6. The molecule has 18 atom stereocenters. The van der Waals surface area contributed by atoms with Crippen molar-refractivity contribution in [1.82, 2.24) is 10.6 Å². The van der Waals surface area contributed by atoms with Crippen LogP contribution in [0.2, 0.25) is 0 Å². The normalized spacial score (nSPS) is 25.9. The zero-order valence-corrected chi connectivity index (χ0v) is 67.9. The largest absolute Gasteiger partial charge is 0.477 e. The van der Waals surface area contributed by atoms with Gasteiger partial charge in [0.1, 0.15) is 67.1 Å². The van der Waals surface area contributed by atoms with Gasteiger partial charge in [-0.05, 0) is 51.4 Å². The van der Waals surface area contributed by atoms with Gasteiger partial charge in [-0.1, -0.05) is 320 Å². The first-order valence-electron chi connectivity index (χ1n) is 43.9. The molecule has 3 saturated heterocycles. The van der Waals surface area contributed by atoms with E-state index in [1.807, 2.05) is 6.08 Å². The second kappa shape index (κ2) is 64.2. The van der Waals surface area contributed by atoms with Gasteiger partial charge in [-0.25, -0.2) is 4.79 Å². The number of carboxylic acids is 1. The summed E-state index contributed by atoms with van der Waals surface area (Å²) in [6.45, 7) is 2.19. The number of carbonyl (C=O) groups excluding carboxylic acids is 2. The van der Waals surface area contributed by atoms with Crippen molar-refractivity contribution in [1.29, 1.82) is 0 Å². The molecule has 0 aromatic heterocycles. The van der Waals surface area contributed by atoms with Crippen LogP contribution in [0.3, 0.4) is 0 Å². The number of carboxylic acid groups (broad SMARTS) is 1. The molecule has 3 aliphatic rings. The van der Waals surface area contributed by atoms with E-state index in [4.69, 9.17) is 28.4 Å². The Labute approximate surface area is 656 Å². The second-order valence-electron chi connectivity index (χ2n) is 31.8. The standard InChI is InChI=1S/C86H158N2O21/c1-4-6-8-10-12-14-16-18-20-22-24-25-26-27-28-29-30-31-32-33-34-35-36-37-38-39-40-41-42-44-46-48-50-52-54-56-58-60-73(96)88-67(68(93)59-57-55-53-51-49-47-45-43-23-21-19-17-15-13-11-9-7-5-2)65-104-83-78(100)77(99)80(72(64-91)106-83)107-84-79(101)82(76(98)71(63-90)105-84)109-86(85(102)103)61-69(94)74(87-66(3)92)81(108-86)75(97)70(95)62-89/h28-29,31-32,57,59,67-72,74-84,89-91,93-95,97-101H,4-27,30,33-56,58,60-65H2,1-3H3,(H,87,92)(H,88,96)(H,102,103)/b29-28-,32-31-,59-57+. The lowest BCUT2D eigenvalue weighted by Crippen LogP contribution is -2.70. The molecule has 3 heterocycles. The van der Waals surface area contributed by atoms with E-state index >= 15 is 0 Å². The molecule has 0 aromatic rings. The molecule has 0 spiro atoms. The Kier molecular flexibility index (Phi) is 58.9. The number of nitrogens with one attached hydrogen (secondary N) is 2. The Morgan fingerprint density at radius 3 is 1.29 bits per heavy atom. The monoisotopic (exact) mass is 1560 g/mol. The maximum absolute atomic E-state index is 13.6. The summed E-state index contributed by atoms with van der Waals surface area (Å²) in [4.78, 5) is 38.7. The zero-order chi connectivity index (χ0) is 79.5. The fourth-order valence-electron chi connectivity index (χ4n) is 15.2. The highest BCUT2D eigenvalue weighted by Gasteiger charge is 2.60. The Balaban J connectivity index is 1.43. The van der Waals surface area contributed by atoms with Gasteiger partial charge < -0.3 is 100 Å². The third kappa shape index (κ3) is 43.5. The number of hydrogen-bond acceptors (Lipinski definition) is 20. The van der Waals surface area contributed by atoms with E-state index < -0.39 is 155 Å². The van der Waals surface area contributed by atoms with Crippen LogP contribution in [-0.2, 0) is 42.8 Å². The molecular formula is C86H158N2O21. The molecule has 18 unspecified atom stereocenters. The number of aliphatic hydroxyl groups excluding tert-OH is 11. The number of aliphatic hydroxyl groups is 11. The average Bonchev–Trinajstić information content (AvgIpc) is 0.753.